The molecule has 0 amide bonds. The van der Waals surface area contributed by atoms with Crippen LogP contribution in [0, 0.1) is 18.1 Å². The molecule has 41 valence electrons. The fourth-order valence-corrected chi connectivity index (χ4v) is 0.270. The maximum absolute atomic E-state index is 11.8. The van der Waals surface area contributed by atoms with Crippen LogP contribution >= 0.6 is 0 Å². The van der Waals surface area contributed by atoms with Gasteiger partial charge in [-0.2, -0.15) is 8.78 Å². The highest BCUT2D eigenvalue weighted by Gasteiger charge is 1.98. The molecule has 1 rings (SSSR count). The Balaban J connectivity index is 3.13. The van der Waals surface area contributed by atoms with Crippen molar-refractivity contribution in [2.45, 2.75) is 0 Å². The molecule has 1 heterocycles. The number of aromatic nitrogens is 2. The van der Waals surface area contributed by atoms with Crippen molar-refractivity contribution < 1.29 is 8.78 Å². The summed E-state index contributed by atoms with van der Waals surface area (Å²) < 4.78 is 23.5. The Hall–Kier alpha value is -1.06. The van der Waals surface area contributed by atoms with Gasteiger partial charge in [0.1, 0.15) is 6.20 Å². The van der Waals surface area contributed by atoms with Gasteiger partial charge in [0.15, 0.2) is 0 Å². The van der Waals surface area contributed by atoms with Crippen molar-refractivity contribution in [2.24, 2.45) is 0 Å². The van der Waals surface area contributed by atoms with Gasteiger partial charge in [-0.3, -0.25) is 0 Å². The minimum atomic E-state index is -1.22. The van der Waals surface area contributed by atoms with E-state index < -0.39 is 11.9 Å². The molecule has 0 aromatic carbocycles. The third-order valence-corrected chi connectivity index (χ3v) is 0.569. The van der Waals surface area contributed by atoms with Crippen molar-refractivity contribution in [2.75, 3.05) is 0 Å². The summed E-state index contributed by atoms with van der Waals surface area (Å²) in [6.45, 7) is 0. The summed E-state index contributed by atoms with van der Waals surface area (Å²) in [4.78, 5) is 5.77. The first-order valence-electron chi connectivity index (χ1n) is 1.85. The van der Waals surface area contributed by atoms with Gasteiger partial charge < -0.3 is 0 Å². The minimum Gasteiger partial charge on any atom is -0.222 e. The zero-order chi connectivity index (χ0) is 5.98. The molecule has 1 radical (unpaired) electrons. The Morgan fingerprint density at radius 1 is 1.38 bits per heavy atom. The van der Waals surface area contributed by atoms with Crippen molar-refractivity contribution in [1.29, 1.82) is 0 Å². The third kappa shape index (κ3) is 0.776. The molecule has 0 atom stereocenters. The van der Waals surface area contributed by atoms with E-state index in [1.165, 1.54) is 0 Å². The van der Waals surface area contributed by atoms with E-state index in [-0.39, 0.29) is 0 Å². The van der Waals surface area contributed by atoms with Crippen LogP contribution in [0.25, 0.3) is 0 Å². The second kappa shape index (κ2) is 1.81. The van der Waals surface area contributed by atoms with Crippen LogP contribution in [0.1, 0.15) is 0 Å². The topological polar surface area (TPSA) is 25.8 Å². The molecule has 8 heavy (non-hydrogen) atoms. The van der Waals surface area contributed by atoms with E-state index in [1.807, 2.05) is 6.20 Å². The highest BCUT2D eigenvalue weighted by Crippen LogP contribution is 1.92. The van der Waals surface area contributed by atoms with Gasteiger partial charge in [-0.1, -0.05) is 0 Å². The maximum atomic E-state index is 11.8. The van der Waals surface area contributed by atoms with Gasteiger partial charge in [0.25, 0.3) is 11.9 Å². The van der Waals surface area contributed by atoms with E-state index >= 15 is 0 Å². The monoisotopic (exact) mass is 115 g/mol. The first-order chi connectivity index (χ1) is 3.80. The second-order valence-electron chi connectivity index (χ2n) is 1.08. The largest absolute Gasteiger partial charge is 0.269 e. The van der Waals surface area contributed by atoms with Gasteiger partial charge in [0, 0.05) is 0 Å². The number of hydrogen-bond acceptors (Lipinski definition) is 2. The Morgan fingerprint density at radius 2 is 2.12 bits per heavy atom. The second-order valence-corrected chi connectivity index (χ2v) is 1.08. The zero-order valence-electron chi connectivity index (χ0n) is 3.73. The van der Waals surface area contributed by atoms with Crippen LogP contribution < -0.4 is 0 Å². The molecule has 0 aliphatic carbocycles. The predicted octanol–water partition coefficient (Wildman–Crippen LogP) is 0.555. The summed E-state index contributed by atoms with van der Waals surface area (Å²) >= 11 is 0. The molecule has 2 nitrogen and oxygen atoms in total. The molecule has 0 aliphatic heterocycles. The summed E-state index contributed by atoms with van der Waals surface area (Å²) in [7, 11) is 0. The van der Waals surface area contributed by atoms with Crippen LogP contribution in [0.4, 0.5) is 8.78 Å². The number of rotatable bonds is 0. The molecule has 0 saturated carbocycles. The lowest BCUT2D eigenvalue weighted by atomic mass is 10.7. The van der Waals surface area contributed by atoms with Crippen LogP contribution in [-0.2, 0) is 0 Å². The normalized spacial score (nSPS) is 9.25. The number of nitrogens with zero attached hydrogens (tertiary/aromatic N) is 2. The van der Waals surface area contributed by atoms with Crippen LogP contribution in [0.2, 0.25) is 0 Å². The Kier molecular flexibility index (Phi) is 1.15. The SMILES string of the molecule is Fc1n[c]cnc1F. The highest BCUT2D eigenvalue weighted by molar-refractivity contribution is 4.78. The Labute approximate surface area is 44.2 Å². The third-order valence-electron chi connectivity index (χ3n) is 0.569. The fourth-order valence-electron chi connectivity index (χ4n) is 0.270. The fraction of sp³-hybridized carbons (Fsp3) is 0. The van der Waals surface area contributed by atoms with E-state index in [4.69, 9.17) is 0 Å². The Morgan fingerprint density at radius 3 is 2.50 bits per heavy atom. The molecule has 0 saturated heterocycles. The first kappa shape index (κ1) is 5.08. The molecule has 0 aliphatic rings. The van der Waals surface area contributed by atoms with Crippen molar-refractivity contribution in [3.8, 4) is 0 Å². The first-order valence-corrected chi connectivity index (χ1v) is 1.85. The minimum absolute atomic E-state index is 0.957. The van der Waals surface area contributed by atoms with Crippen molar-refractivity contribution in [3.63, 3.8) is 0 Å². The van der Waals surface area contributed by atoms with Gasteiger partial charge >= 0.3 is 0 Å². The van der Waals surface area contributed by atoms with Gasteiger partial charge in [-0.15, -0.1) is 0 Å². The lowest BCUT2D eigenvalue weighted by molar-refractivity contribution is 0.451. The van der Waals surface area contributed by atoms with E-state index in [1.54, 1.807) is 0 Å². The maximum Gasteiger partial charge on any atom is 0.269 e. The van der Waals surface area contributed by atoms with E-state index in [9.17, 15) is 8.78 Å². The molecule has 0 bridgehead atoms. The van der Waals surface area contributed by atoms with Gasteiger partial charge in [0.2, 0.25) is 0 Å². The molecule has 1 aromatic heterocycles. The molecule has 0 spiro atoms. The average molecular weight is 115 g/mol. The van der Waals surface area contributed by atoms with E-state index in [0.717, 1.165) is 6.20 Å². The molecule has 0 unspecified atom stereocenters. The summed E-state index contributed by atoms with van der Waals surface area (Å²) in [5.74, 6) is -2.41. The smallest absolute Gasteiger partial charge is 0.222 e. The van der Waals surface area contributed by atoms with Crippen LogP contribution in [0.3, 0.4) is 0 Å². The average Bonchev–Trinajstić information content (AvgIpc) is 1.77. The summed E-state index contributed by atoms with van der Waals surface area (Å²) in [5, 5.41) is 0. The zero-order valence-corrected chi connectivity index (χ0v) is 3.73. The summed E-state index contributed by atoms with van der Waals surface area (Å²) in [5.41, 5.74) is 0. The highest BCUT2D eigenvalue weighted by atomic mass is 19.2. The molecular weight excluding hydrogens is 114 g/mol. The quantitative estimate of drug-likeness (QED) is 0.493. The van der Waals surface area contributed by atoms with Gasteiger partial charge in [-0.05, 0) is 0 Å². The number of hydrogen-bond donors (Lipinski definition) is 0. The molecule has 0 fully saturated rings. The van der Waals surface area contributed by atoms with E-state index in [0.29, 0.717) is 0 Å². The molecule has 0 N–H and O–H groups in total. The number of halogens is 2. The van der Waals surface area contributed by atoms with Crippen LogP contribution in [0.15, 0.2) is 6.20 Å². The van der Waals surface area contributed by atoms with Crippen LogP contribution in [0.5, 0.6) is 0 Å². The van der Waals surface area contributed by atoms with Gasteiger partial charge in [0.05, 0.1) is 6.20 Å². The van der Waals surface area contributed by atoms with Crippen molar-refractivity contribution >= 4 is 0 Å². The van der Waals surface area contributed by atoms with Crippen molar-refractivity contribution in [3.05, 3.63) is 24.3 Å². The standard InChI is InChI=1S/C4HF2N2/c5-3-4(6)8-2-1-7-3/h1H. The Bertz CT molecular complexity index is 168. The lowest BCUT2D eigenvalue weighted by Gasteiger charge is -1.82. The van der Waals surface area contributed by atoms with Crippen LogP contribution in [-0.4, -0.2) is 9.97 Å². The van der Waals surface area contributed by atoms with Gasteiger partial charge in [-0.25, -0.2) is 9.97 Å². The summed E-state index contributed by atoms with van der Waals surface area (Å²) in [6.07, 6.45) is 2.98. The lowest BCUT2D eigenvalue weighted by Crippen LogP contribution is -1.90. The van der Waals surface area contributed by atoms with Crippen molar-refractivity contribution in [1.82, 2.24) is 9.97 Å². The van der Waals surface area contributed by atoms with E-state index in [2.05, 4.69) is 9.97 Å². The molecule has 4 heteroatoms. The summed E-state index contributed by atoms with van der Waals surface area (Å²) in [6, 6.07) is 0. The molecule has 1 aromatic rings. The predicted molar refractivity (Wildman–Crippen MR) is 20.8 cm³/mol. The molecular formula is C4HF2N2.